The van der Waals surface area contributed by atoms with Crippen LogP contribution in [0.1, 0.15) is 5.82 Å². The van der Waals surface area contributed by atoms with Gasteiger partial charge in [-0.25, -0.2) is 0 Å². The monoisotopic (exact) mass is 352 g/mol. The van der Waals surface area contributed by atoms with E-state index in [0.29, 0.717) is 34.5 Å². The molecule has 5 nitrogen and oxygen atoms in total. The van der Waals surface area contributed by atoms with Crippen LogP contribution >= 0.6 is 27.5 Å². The van der Waals surface area contributed by atoms with Crippen LogP contribution in [0, 0.1) is 0 Å². The van der Waals surface area contributed by atoms with Gasteiger partial charge >= 0.3 is 0 Å². The Morgan fingerprint density at radius 2 is 2.00 bits per heavy atom. The molecule has 3 rings (SSSR count). The summed E-state index contributed by atoms with van der Waals surface area (Å²) >= 11 is 9.22. The minimum absolute atomic E-state index is 0.290. The summed E-state index contributed by atoms with van der Waals surface area (Å²) < 4.78 is 8.31. The van der Waals surface area contributed by atoms with Crippen molar-refractivity contribution >= 4 is 38.9 Å². The highest BCUT2D eigenvalue weighted by atomic mass is 79.9. The molecule has 0 radical (unpaired) electrons. The molecule has 0 spiro atoms. The Kier molecular flexibility index (Phi) is 3.50. The number of halogens is 2. The Hall–Kier alpha value is -1.79. The van der Waals surface area contributed by atoms with Gasteiger partial charge in [0.05, 0.1) is 5.69 Å². The zero-order valence-corrected chi connectivity index (χ0v) is 12.6. The van der Waals surface area contributed by atoms with Gasteiger partial charge in [-0.1, -0.05) is 11.6 Å². The molecule has 7 heteroatoms. The molecule has 0 saturated carbocycles. The highest BCUT2D eigenvalue weighted by Crippen LogP contribution is 2.20. The Morgan fingerprint density at radius 3 is 2.75 bits per heavy atom. The number of fused-ring (bicyclic) bond motifs is 1. The van der Waals surface area contributed by atoms with E-state index in [2.05, 4.69) is 26.1 Å². The molecular weight excluding hydrogens is 344 g/mol. The van der Waals surface area contributed by atoms with Crippen molar-refractivity contribution < 1.29 is 4.74 Å². The predicted octanol–water partition coefficient (Wildman–Crippen LogP) is 3.31. The van der Waals surface area contributed by atoms with E-state index in [1.165, 1.54) is 0 Å². The van der Waals surface area contributed by atoms with Crippen molar-refractivity contribution in [3.8, 4) is 5.75 Å². The van der Waals surface area contributed by atoms with E-state index in [0.717, 1.165) is 4.47 Å². The van der Waals surface area contributed by atoms with Crippen LogP contribution in [0.3, 0.4) is 0 Å². The van der Waals surface area contributed by atoms with Crippen LogP contribution < -0.4 is 10.5 Å². The van der Waals surface area contributed by atoms with Gasteiger partial charge in [-0.3, -0.25) is 4.40 Å². The number of hydrogen-bond acceptors (Lipinski definition) is 4. The topological polar surface area (TPSA) is 65.4 Å². The van der Waals surface area contributed by atoms with Crippen LogP contribution in [0.15, 0.2) is 41.0 Å². The third kappa shape index (κ3) is 2.57. The van der Waals surface area contributed by atoms with Gasteiger partial charge in [0.15, 0.2) is 11.5 Å². The van der Waals surface area contributed by atoms with E-state index in [4.69, 9.17) is 22.1 Å². The van der Waals surface area contributed by atoms with Gasteiger partial charge in [-0.15, -0.1) is 10.2 Å². The minimum atomic E-state index is 0.290. The van der Waals surface area contributed by atoms with Crippen molar-refractivity contribution in [1.82, 2.24) is 14.6 Å². The van der Waals surface area contributed by atoms with Crippen LogP contribution in [0.4, 0.5) is 5.69 Å². The first-order valence-electron chi connectivity index (χ1n) is 5.80. The molecule has 2 heterocycles. The normalized spacial score (nSPS) is 10.9. The van der Waals surface area contributed by atoms with E-state index in [9.17, 15) is 0 Å². The Morgan fingerprint density at radius 1 is 1.25 bits per heavy atom. The van der Waals surface area contributed by atoms with E-state index in [-0.39, 0.29) is 0 Å². The molecule has 0 amide bonds. The van der Waals surface area contributed by atoms with Gasteiger partial charge in [0.25, 0.3) is 0 Å². The van der Waals surface area contributed by atoms with Crippen LogP contribution in [-0.4, -0.2) is 14.6 Å². The molecule has 0 aliphatic heterocycles. The average molecular weight is 354 g/mol. The highest BCUT2D eigenvalue weighted by Gasteiger charge is 2.09. The number of nitrogen functional groups attached to an aromatic ring is 1. The molecule has 2 N–H and O–H groups in total. The van der Waals surface area contributed by atoms with Crippen molar-refractivity contribution in [1.29, 1.82) is 0 Å². The number of hydrogen-bond donors (Lipinski definition) is 1. The minimum Gasteiger partial charge on any atom is -0.486 e. The molecule has 0 atom stereocenters. The van der Waals surface area contributed by atoms with Crippen molar-refractivity contribution in [3.63, 3.8) is 0 Å². The quantitative estimate of drug-likeness (QED) is 0.784. The van der Waals surface area contributed by atoms with Crippen molar-refractivity contribution in [2.45, 2.75) is 6.61 Å². The van der Waals surface area contributed by atoms with Crippen LogP contribution in [-0.2, 0) is 6.61 Å². The fourth-order valence-electron chi connectivity index (χ4n) is 1.81. The summed E-state index contributed by atoms with van der Waals surface area (Å²) in [6.07, 6.45) is 1.85. The maximum absolute atomic E-state index is 5.89. The molecule has 0 unspecified atom stereocenters. The van der Waals surface area contributed by atoms with E-state index in [1.807, 2.05) is 6.20 Å². The maximum Gasteiger partial charge on any atom is 0.184 e. The standard InChI is InChI=1S/C13H10BrClN4O/c14-8-5-11(16)13-18-17-12(19(13)6-8)7-20-10-3-1-9(15)2-4-10/h1-6H,7,16H2. The molecule has 0 saturated heterocycles. The molecule has 20 heavy (non-hydrogen) atoms. The van der Waals surface area contributed by atoms with Gasteiger partial charge < -0.3 is 10.5 Å². The molecule has 2 aromatic heterocycles. The second-order valence-electron chi connectivity index (χ2n) is 4.17. The van der Waals surface area contributed by atoms with Crippen molar-refractivity contribution in [3.05, 3.63) is 51.8 Å². The van der Waals surface area contributed by atoms with Crippen molar-refractivity contribution in [2.24, 2.45) is 0 Å². The van der Waals surface area contributed by atoms with Gasteiger partial charge in [0, 0.05) is 15.7 Å². The summed E-state index contributed by atoms with van der Waals surface area (Å²) in [7, 11) is 0. The molecular formula is C13H10BrClN4O. The second kappa shape index (κ2) is 5.30. The van der Waals surface area contributed by atoms with Gasteiger partial charge in [0.1, 0.15) is 12.4 Å². The molecule has 0 aliphatic rings. The lowest BCUT2D eigenvalue weighted by Gasteiger charge is -2.05. The summed E-state index contributed by atoms with van der Waals surface area (Å²) in [4.78, 5) is 0. The van der Waals surface area contributed by atoms with Gasteiger partial charge in [-0.2, -0.15) is 0 Å². The first-order chi connectivity index (χ1) is 9.63. The fraction of sp³-hybridized carbons (Fsp3) is 0.0769. The van der Waals surface area contributed by atoms with Gasteiger partial charge in [0.2, 0.25) is 0 Å². The summed E-state index contributed by atoms with van der Waals surface area (Å²) in [5.41, 5.74) is 7.06. The van der Waals surface area contributed by atoms with Crippen LogP contribution in [0.5, 0.6) is 5.75 Å². The number of nitrogens with two attached hydrogens (primary N) is 1. The molecule has 1 aromatic carbocycles. The number of aromatic nitrogens is 3. The number of benzene rings is 1. The third-order valence-corrected chi connectivity index (χ3v) is 3.44. The summed E-state index contributed by atoms with van der Waals surface area (Å²) in [5.74, 6) is 1.39. The Labute approximate surface area is 128 Å². The molecule has 3 aromatic rings. The van der Waals surface area contributed by atoms with Crippen molar-refractivity contribution in [2.75, 3.05) is 5.73 Å². The summed E-state index contributed by atoms with van der Waals surface area (Å²) in [6, 6.07) is 8.93. The molecule has 0 bridgehead atoms. The van der Waals surface area contributed by atoms with Gasteiger partial charge in [-0.05, 0) is 46.3 Å². The molecule has 0 fully saturated rings. The predicted molar refractivity (Wildman–Crippen MR) is 80.9 cm³/mol. The Bertz CT molecular complexity index is 757. The Balaban J connectivity index is 1.86. The summed E-state index contributed by atoms with van der Waals surface area (Å²) in [5, 5.41) is 8.81. The molecule has 102 valence electrons. The maximum atomic E-state index is 5.89. The lowest BCUT2D eigenvalue weighted by molar-refractivity contribution is 0.294. The number of rotatable bonds is 3. The van der Waals surface area contributed by atoms with E-state index in [1.54, 1.807) is 34.7 Å². The third-order valence-electron chi connectivity index (χ3n) is 2.75. The zero-order chi connectivity index (χ0) is 14.1. The zero-order valence-electron chi connectivity index (χ0n) is 10.3. The van der Waals surface area contributed by atoms with E-state index >= 15 is 0 Å². The lowest BCUT2D eigenvalue weighted by atomic mass is 10.3. The average Bonchev–Trinajstić information content (AvgIpc) is 2.81. The number of pyridine rings is 1. The number of ether oxygens (including phenoxy) is 1. The smallest absolute Gasteiger partial charge is 0.184 e. The fourth-order valence-corrected chi connectivity index (χ4v) is 2.38. The lowest BCUT2D eigenvalue weighted by Crippen LogP contribution is -2.02. The highest BCUT2D eigenvalue weighted by molar-refractivity contribution is 9.10. The summed E-state index contributed by atoms with van der Waals surface area (Å²) in [6.45, 7) is 0.290. The van der Waals surface area contributed by atoms with Crippen LogP contribution in [0.25, 0.3) is 5.65 Å². The van der Waals surface area contributed by atoms with E-state index < -0.39 is 0 Å². The number of nitrogens with zero attached hydrogens (tertiary/aromatic N) is 3. The second-order valence-corrected chi connectivity index (χ2v) is 5.52. The first-order valence-corrected chi connectivity index (χ1v) is 6.97. The largest absolute Gasteiger partial charge is 0.486 e. The number of anilines is 1. The molecule has 0 aliphatic carbocycles. The SMILES string of the molecule is Nc1cc(Br)cn2c(COc3ccc(Cl)cc3)nnc12. The first kappa shape index (κ1) is 13.2. The van der Waals surface area contributed by atoms with Crippen LogP contribution in [0.2, 0.25) is 5.02 Å².